The van der Waals surface area contributed by atoms with E-state index in [2.05, 4.69) is 10.0 Å². The lowest BCUT2D eigenvalue weighted by atomic mass is 10.1. The predicted molar refractivity (Wildman–Crippen MR) is 89.9 cm³/mol. The lowest BCUT2D eigenvalue weighted by Gasteiger charge is -2.10. The number of hydrogen-bond donors (Lipinski definition) is 2. The summed E-state index contributed by atoms with van der Waals surface area (Å²) in [6.45, 7) is 1.98. The zero-order valence-corrected chi connectivity index (χ0v) is 14.3. The first kappa shape index (κ1) is 18.1. The molecule has 0 aliphatic rings. The molecule has 5 nitrogen and oxygen atoms in total. The van der Waals surface area contributed by atoms with Crippen LogP contribution in [-0.2, 0) is 16.4 Å². The zero-order chi connectivity index (χ0) is 17.7. The van der Waals surface area contributed by atoms with Crippen molar-refractivity contribution in [3.05, 3.63) is 65.0 Å². The Morgan fingerprint density at radius 1 is 1.17 bits per heavy atom. The first-order valence-corrected chi connectivity index (χ1v) is 8.89. The Labute approximate surface area is 141 Å². The summed E-state index contributed by atoms with van der Waals surface area (Å²) < 4.78 is 39.4. The van der Waals surface area contributed by atoms with Crippen molar-refractivity contribution in [3.8, 4) is 0 Å². The van der Waals surface area contributed by atoms with Gasteiger partial charge in [0.15, 0.2) is 0 Å². The molecule has 24 heavy (non-hydrogen) atoms. The van der Waals surface area contributed by atoms with Crippen molar-refractivity contribution in [1.82, 2.24) is 10.0 Å². The minimum absolute atomic E-state index is 0.0230. The number of carbonyl (C=O) groups is 1. The molecule has 128 valence electrons. The van der Waals surface area contributed by atoms with Gasteiger partial charge in [0.05, 0.1) is 4.90 Å². The van der Waals surface area contributed by atoms with Crippen LogP contribution in [0.4, 0.5) is 4.39 Å². The first-order chi connectivity index (χ1) is 11.3. The minimum atomic E-state index is -3.62. The Hall–Kier alpha value is -2.25. The maximum absolute atomic E-state index is 13.5. The number of rotatable bonds is 6. The van der Waals surface area contributed by atoms with Crippen molar-refractivity contribution in [3.63, 3.8) is 0 Å². The van der Waals surface area contributed by atoms with Crippen LogP contribution >= 0.6 is 0 Å². The molecule has 0 aromatic heterocycles. The molecular weight excluding hydrogens is 331 g/mol. The molecule has 2 aromatic rings. The van der Waals surface area contributed by atoms with E-state index in [-0.39, 0.29) is 22.8 Å². The topological polar surface area (TPSA) is 75.3 Å². The van der Waals surface area contributed by atoms with Crippen LogP contribution in [0, 0.1) is 12.7 Å². The first-order valence-electron chi connectivity index (χ1n) is 7.41. The standard InChI is InChI=1S/C17H19FN2O3S/c1-12-7-8-14(24(22,23)19-2)11-15(12)17(21)20-10-9-13-5-3-4-6-16(13)18/h3-8,11,19H,9-10H2,1-2H3,(H,20,21). The molecule has 0 bridgehead atoms. The molecule has 0 saturated carbocycles. The average Bonchev–Trinajstić information content (AvgIpc) is 2.56. The highest BCUT2D eigenvalue weighted by Crippen LogP contribution is 2.15. The van der Waals surface area contributed by atoms with Gasteiger partial charge in [-0.05, 0) is 49.7 Å². The molecule has 0 fully saturated rings. The third-order valence-corrected chi connectivity index (χ3v) is 5.08. The van der Waals surface area contributed by atoms with E-state index >= 15 is 0 Å². The second kappa shape index (κ2) is 7.55. The second-order valence-corrected chi connectivity index (χ2v) is 7.17. The largest absolute Gasteiger partial charge is 0.352 e. The quantitative estimate of drug-likeness (QED) is 0.837. The smallest absolute Gasteiger partial charge is 0.251 e. The number of sulfonamides is 1. The van der Waals surface area contributed by atoms with Crippen molar-refractivity contribution in [2.45, 2.75) is 18.2 Å². The van der Waals surface area contributed by atoms with Crippen molar-refractivity contribution in [1.29, 1.82) is 0 Å². The predicted octanol–water partition coefficient (Wildman–Crippen LogP) is 2.01. The van der Waals surface area contributed by atoms with Gasteiger partial charge in [-0.1, -0.05) is 24.3 Å². The summed E-state index contributed by atoms with van der Waals surface area (Å²) in [5.41, 5.74) is 1.45. The number of nitrogens with one attached hydrogen (secondary N) is 2. The number of benzene rings is 2. The number of aryl methyl sites for hydroxylation is 1. The Morgan fingerprint density at radius 2 is 1.88 bits per heavy atom. The van der Waals surface area contributed by atoms with Gasteiger partial charge >= 0.3 is 0 Å². The Morgan fingerprint density at radius 3 is 2.54 bits per heavy atom. The van der Waals surface area contributed by atoms with Gasteiger partial charge in [-0.15, -0.1) is 0 Å². The molecule has 0 aliphatic heterocycles. The van der Waals surface area contributed by atoms with E-state index in [0.29, 0.717) is 17.5 Å². The van der Waals surface area contributed by atoms with Crippen LogP contribution in [0.1, 0.15) is 21.5 Å². The summed E-state index contributed by atoms with van der Waals surface area (Å²) in [6, 6.07) is 10.7. The van der Waals surface area contributed by atoms with Crippen molar-refractivity contribution in [2.75, 3.05) is 13.6 Å². The van der Waals surface area contributed by atoms with Gasteiger partial charge in [-0.2, -0.15) is 0 Å². The van der Waals surface area contributed by atoms with Gasteiger partial charge in [-0.3, -0.25) is 4.79 Å². The highest BCUT2D eigenvalue weighted by molar-refractivity contribution is 7.89. The van der Waals surface area contributed by atoms with E-state index in [1.165, 1.54) is 25.2 Å². The van der Waals surface area contributed by atoms with Gasteiger partial charge in [-0.25, -0.2) is 17.5 Å². The van der Waals surface area contributed by atoms with Crippen molar-refractivity contribution >= 4 is 15.9 Å². The fourth-order valence-electron chi connectivity index (χ4n) is 2.24. The van der Waals surface area contributed by atoms with Crippen LogP contribution in [0.5, 0.6) is 0 Å². The van der Waals surface area contributed by atoms with E-state index in [1.807, 2.05) is 0 Å². The fraction of sp³-hybridized carbons (Fsp3) is 0.235. The molecule has 7 heteroatoms. The van der Waals surface area contributed by atoms with Gasteiger partial charge in [0.1, 0.15) is 5.82 Å². The molecule has 2 aromatic carbocycles. The Kier molecular flexibility index (Phi) is 5.69. The lowest BCUT2D eigenvalue weighted by Crippen LogP contribution is -2.27. The molecule has 0 atom stereocenters. The number of hydrogen-bond acceptors (Lipinski definition) is 3. The molecule has 2 N–H and O–H groups in total. The molecule has 0 unspecified atom stereocenters. The van der Waals surface area contributed by atoms with Crippen molar-refractivity contribution in [2.24, 2.45) is 0 Å². The molecule has 0 heterocycles. The Bertz CT molecular complexity index is 851. The maximum Gasteiger partial charge on any atom is 0.251 e. The highest BCUT2D eigenvalue weighted by Gasteiger charge is 2.16. The van der Waals surface area contributed by atoms with Gasteiger partial charge in [0.25, 0.3) is 5.91 Å². The van der Waals surface area contributed by atoms with Gasteiger partial charge < -0.3 is 5.32 Å². The van der Waals surface area contributed by atoms with E-state index in [1.54, 1.807) is 31.2 Å². The number of halogens is 1. The van der Waals surface area contributed by atoms with E-state index in [4.69, 9.17) is 0 Å². The molecular formula is C17H19FN2O3S. The number of carbonyl (C=O) groups excluding carboxylic acids is 1. The summed E-state index contributed by atoms with van der Waals surface area (Å²) in [6.07, 6.45) is 0.353. The van der Waals surface area contributed by atoms with Crippen LogP contribution in [0.2, 0.25) is 0 Å². The third kappa shape index (κ3) is 4.18. The summed E-state index contributed by atoms with van der Waals surface area (Å²) in [7, 11) is -2.31. The van der Waals surface area contributed by atoms with Gasteiger partial charge in [0, 0.05) is 12.1 Å². The van der Waals surface area contributed by atoms with Crippen LogP contribution in [0.15, 0.2) is 47.4 Å². The van der Waals surface area contributed by atoms with Crippen LogP contribution in [0.25, 0.3) is 0 Å². The number of amides is 1. The summed E-state index contributed by atoms with van der Waals surface area (Å²) in [4.78, 5) is 12.3. The minimum Gasteiger partial charge on any atom is -0.352 e. The molecule has 1 amide bonds. The summed E-state index contributed by atoms with van der Waals surface area (Å²) in [5.74, 6) is -0.706. The molecule has 0 radical (unpaired) electrons. The average molecular weight is 350 g/mol. The molecule has 0 aliphatic carbocycles. The van der Waals surface area contributed by atoms with Crippen molar-refractivity contribution < 1.29 is 17.6 Å². The van der Waals surface area contributed by atoms with E-state index < -0.39 is 15.9 Å². The van der Waals surface area contributed by atoms with Crippen LogP contribution in [0.3, 0.4) is 0 Å². The third-order valence-electron chi connectivity index (χ3n) is 3.67. The normalized spacial score (nSPS) is 11.3. The molecule has 0 saturated heterocycles. The second-order valence-electron chi connectivity index (χ2n) is 5.28. The summed E-state index contributed by atoms with van der Waals surface area (Å²) in [5, 5.41) is 2.69. The van der Waals surface area contributed by atoms with Crippen LogP contribution < -0.4 is 10.0 Å². The maximum atomic E-state index is 13.5. The van der Waals surface area contributed by atoms with Gasteiger partial charge in [0.2, 0.25) is 10.0 Å². The monoisotopic (exact) mass is 350 g/mol. The van der Waals surface area contributed by atoms with Crippen LogP contribution in [-0.4, -0.2) is 27.9 Å². The Balaban J connectivity index is 2.10. The highest BCUT2D eigenvalue weighted by atomic mass is 32.2. The lowest BCUT2D eigenvalue weighted by molar-refractivity contribution is 0.0953. The zero-order valence-electron chi connectivity index (χ0n) is 13.5. The molecule has 2 rings (SSSR count). The van der Waals surface area contributed by atoms with E-state index in [0.717, 1.165) is 0 Å². The summed E-state index contributed by atoms with van der Waals surface area (Å²) >= 11 is 0. The SMILES string of the molecule is CNS(=O)(=O)c1ccc(C)c(C(=O)NCCc2ccccc2F)c1. The fourth-order valence-corrected chi connectivity index (χ4v) is 2.99. The molecule has 0 spiro atoms. The van der Waals surface area contributed by atoms with E-state index in [9.17, 15) is 17.6 Å².